The summed E-state index contributed by atoms with van der Waals surface area (Å²) in [5, 5.41) is 0. The second-order valence-electron chi connectivity index (χ2n) is 4.28. The first-order valence-electron chi connectivity index (χ1n) is 5.56. The zero-order valence-corrected chi connectivity index (χ0v) is 9.88. The molecule has 1 aliphatic heterocycles. The molecule has 0 N–H and O–H groups in total. The minimum absolute atomic E-state index is 0.114. The normalized spacial score (nSPS) is 19.9. The zero-order valence-electron chi connectivity index (χ0n) is 9.88. The lowest BCUT2D eigenvalue weighted by Gasteiger charge is -2.35. The number of hydrogen-bond acceptors (Lipinski definition) is 1. The molecule has 1 aliphatic rings. The van der Waals surface area contributed by atoms with Crippen LogP contribution in [0.25, 0.3) is 0 Å². The molecule has 0 unspecified atom stereocenters. The van der Waals surface area contributed by atoms with E-state index in [1.807, 2.05) is 0 Å². The quantitative estimate of drug-likeness (QED) is 0.682. The first-order chi connectivity index (χ1) is 8.89. The highest BCUT2D eigenvalue weighted by molar-refractivity contribution is 5.22. The number of likely N-dealkylation sites (tertiary alicyclic amines) is 1. The van der Waals surface area contributed by atoms with Crippen molar-refractivity contribution in [2.75, 3.05) is 13.1 Å². The van der Waals surface area contributed by atoms with Crippen molar-refractivity contribution < 1.29 is 39.5 Å². The molecule has 0 saturated carbocycles. The predicted molar refractivity (Wildman–Crippen MR) is 50.6 cm³/mol. The monoisotopic (exact) mass is 315 g/mol. The van der Waals surface area contributed by atoms with Gasteiger partial charge in [-0.25, -0.2) is 0 Å². The smallest absolute Gasteiger partial charge is 0.367 e. The van der Waals surface area contributed by atoms with Crippen molar-refractivity contribution in [3.8, 4) is 0 Å². The van der Waals surface area contributed by atoms with Crippen LogP contribution in [0.3, 0.4) is 0 Å². The van der Waals surface area contributed by atoms with E-state index in [9.17, 15) is 39.5 Å². The summed E-state index contributed by atoms with van der Waals surface area (Å²) in [6, 6.07) is 0. The van der Waals surface area contributed by atoms with Crippen molar-refractivity contribution in [3.63, 3.8) is 0 Å². The van der Waals surface area contributed by atoms with E-state index in [1.54, 1.807) is 0 Å². The Hall–Kier alpha value is -1.09. The fourth-order valence-electron chi connectivity index (χ4n) is 1.86. The van der Waals surface area contributed by atoms with Crippen molar-refractivity contribution in [2.24, 2.45) is 0 Å². The van der Waals surface area contributed by atoms with Gasteiger partial charge in [0.2, 0.25) is 5.83 Å². The number of alkyl halides is 8. The van der Waals surface area contributed by atoms with E-state index in [1.165, 1.54) is 0 Å². The van der Waals surface area contributed by atoms with Crippen molar-refractivity contribution in [1.29, 1.82) is 0 Å². The third-order valence-electron chi connectivity index (χ3n) is 2.78. The second-order valence-corrected chi connectivity index (χ2v) is 4.28. The Labute approximate surface area is 108 Å². The lowest BCUT2D eigenvalue weighted by molar-refractivity contribution is -0.273. The summed E-state index contributed by atoms with van der Waals surface area (Å²) in [5.74, 6) is -9.30. The fraction of sp³-hybridized carbons (Fsp3) is 0.800. The van der Waals surface area contributed by atoms with Gasteiger partial charge in [-0.3, -0.25) is 0 Å². The Kier molecular flexibility index (Phi) is 4.55. The van der Waals surface area contributed by atoms with Crippen LogP contribution in [0.1, 0.15) is 19.3 Å². The molecule has 0 aliphatic carbocycles. The Balaban J connectivity index is 3.35. The molecule has 0 aromatic carbocycles. The minimum Gasteiger partial charge on any atom is -0.367 e. The number of piperidine rings is 1. The average Bonchev–Trinajstić information content (AvgIpc) is 2.27. The maximum Gasteiger partial charge on any atom is 0.459 e. The lowest BCUT2D eigenvalue weighted by atomic mass is 10.1. The maximum atomic E-state index is 13.2. The van der Waals surface area contributed by atoms with Crippen molar-refractivity contribution in [3.05, 3.63) is 11.5 Å². The van der Waals surface area contributed by atoms with Crippen molar-refractivity contribution in [2.45, 2.75) is 37.5 Å². The molecule has 0 atom stereocenters. The van der Waals surface area contributed by atoms with Crippen LogP contribution >= 0.6 is 0 Å². The van der Waals surface area contributed by atoms with Gasteiger partial charge in [0.15, 0.2) is 0 Å². The van der Waals surface area contributed by atoms with Crippen LogP contribution < -0.4 is 0 Å². The molecule has 118 valence electrons. The summed E-state index contributed by atoms with van der Waals surface area (Å²) in [7, 11) is 0. The second kappa shape index (κ2) is 5.36. The molecule has 20 heavy (non-hydrogen) atoms. The number of allylic oxidation sites excluding steroid dienone is 2. The van der Waals surface area contributed by atoms with E-state index in [0.29, 0.717) is 6.42 Å². The standard InChI is InChI=1S/C10H10F9N/c11-6(9(14,15)16)7(8(12,13)10(17,18)19)20-4-2-1-3-5-20/h1-5H2/b7-6+. The number of hydrogen-bond donors (Lipinski definition) is 0. The fourth-order valence-corrected chi connectivity index (χ4v) is 1.86. The van der Waals surface area contributed by atoms with Gasteiger partial charge in [0, 0.05) is 13.1 Å². The molecule has 1 rings (SSSR count). The van der Waals surface area contributed by atoms with Crippen LogP contribution in [0, 0.1) is 0 Å². The van der Waals surface area contributed by atoms with Gasteiger partial charge in [0.05, 0.1) is 0 Å². The highest BCUT2D eigenvalue weighted by atomic mass is 19.4. The predicted octanol–water partition coefficient (Wildman–Crippen LogP) is 4.41. The van der Waals surface area contributed by atoms with Gasteiger partial charge in [-0.15, -0.1) is 0 Å². The molecule has 1 saturated heterocycles. The SMILES string of the molecule is F/C(=C(/N1CCCCC1)C(F)(F)C(F)(F)F)C(F)(F)F. The lowest BCUT2D eigenvalue weighted by Crippen LogP contribution is -2.47. The maximum absolute atomic E-state index is 13.2. The van der Waals surface area contributed by atoms with Crippen LogP contribution in [-0.2, 0) is 0 Å². The van der Waals surface area contributed by atoms with Gasteiger partial charge in [0.25, 0.3) is 0 Å². The van der Waals surface area contributed by atoms with E-state index < -0.39 is 42.9 Å². The van der Waals surface area contributed by atoms with Crippen molar-refractivity contribution >= 4 is 0 Å². The van der Waals surface area contributed by atoms with Gasteiger partial charge in [-0.05, 0) is 19.3 Å². The molecule has 1 nitrogen and oxygen atoms in total. The summed E-state index contributed by atoms with van der Waals surface area (Å²) in [6.07, 6.45) is -11.5. The van der Waals surface area contributed by atoms with Crippen LogP contribution in [0.4, 0.5) is 39.5 Å². The molecule has 0 bridgehead atoms. The van der Waals surface area contributed by atoms with Crippen LogP contribution in [-0.4, -0.2) is 36.3 Å². The van der Waals surface area contributed by atoms with Gasteiger partial charge in [-0.1, -0.05) is 0 Å². The molecular weight excluding hydrogens is 305 g/mol. The highest BCUT2D eigenvalue weighted by Crippen LogP contribution is 2.47. The van der Waals surface area contributed by atoms with E-state index in [-0.39, 0.29) is 17.7 Å². The number of rotatable bonds is 2. The molecule has 0 aromatic rings. The summed E-state index contributed by atoms with van der Waals surface area (Å²) in [6.45, 7) is -0.963. The summed E-state index contributed by atoms with van der Waals surface area (Å²) in [4.78, 5) is 0.125. The zero-order chi connectivity index (χ0) is 15.8. The molecule has 0 spiro atoms. The van der Waals surface area contributed by atoms with Crippen molar-refractivity contribution in [1.82, 2.24) is 4.90 Å². The van der Waals surface area contributed by atoms with Crippen LogP contribution in [0.15, 0.2) is 11.5 Å². The first-order valence-corrected chi connectivity index (χ1v) is 5.56. The Morgan fingerprint density at radius 2 is 1.20 bits per heavy atom. The Morgan fingerprint density at radius 1 is 0.750 bits per heavy atom. The molecule has 0 radical (unpaired) electrons. The number of halogens is 9. The van der Waals surface area contributed by atoms with Gasteiger partial charge < -0.3 is 4.90 Å². The van der Waals surface area contributed by atoms with Gasteiger partial charge >= 0.3 is 18.3 Å². The number of nitrogens with zero attached hydrogens (tertiary/aromatic N) is 1. The Morgan fingerprint density at radius 3 is 1.55 bits per heavy atom. The summed E-state index contributed by atoms with van der Waals surface area (Å²) < 4.78 is 113. The first kappa shape index (κ1) is 17.0. The largest absolute Gasteiger partial charge is 0.459 e. The molecule has 10 heteroatoms. The topological polar surface area (TPSA) is 3.24 Å². The summed E-state index contributed by atoms with van der Waals surface area (Å²) >= 11 is 0. The molecule has 1 heterocycles. The third-order valence-corrected chi connectivity index (χ3v) is 2.78. The molecule has 0 amide bonds. The van der Waals surface area contributed by atoms with Gasteiger partial charge in [0.1, 0.15) is 5.70 Å². The van der Waals surface area contributed by atoms with E-state index >= 15 is 0 Å². The van der Waals surface area contributed by atoms with Crippen LogP contribution in [0.2, 0.25) is 0 Å². The average molecular weight is 315 g/mol. The van der Waals surface area contributed by atoms with E-state index in [2.05, 4.69) is 0 Å². The summed E-state index contributed by atoms with van der Waals surface area (Å²) in [5.41, 5.74) is -2.64. The van der Waals surface area contributed by atoms with E-state index in [0.717, 1.165) is 0 Å². The van der Waals surface area contributed by atoms with Crippen LogP contribution in [0.5, 0.6) is 0 Å². The third kappa shape index (κ3) is 3.32. The highest BCUT2D eigenvalue weighted by Gasteiger charge is 2.64. The van der Waals surface area contributed by atoms with E-state index in [4.69, 9.17) is 0 Å². The van der Waals surface area contributed by atoms with Gasteiger partial charge in [-0.2, -0.15) is 39.5 Å². The molecular formula is C10H10F9N. The molecule has 0 aromatic heterocycles. The molecule has 1 fully saturated rings. The minimum atomic E-state index is -6.30. The Bertz CT molecular complexity index is 373.